The maximum Gasteiger partial charge on any atom is 0.169 e. The molecule has 2 heteroatoms. The summed E-state index contributed by atoms with van der Waals surface area (Å²) in [7, 11) is 0. The minimum Gasteiger partial charge on any atom is -0.461 e. The van der Waals surface area contributed by atoms with E-state index >= 15 is 0 Å². The molecule has 11 heavy (non-hydrogen) atoms. The van der Waals surface area contributed by atoms with E-state index in [1.165, 1.54) is 6.26 Å². The van der Waals surface area contributed by atoms with Crippen molar-refractivity contribution in [3.8, 4) is 0 Å². The summed E-state index contributed by atoms with van der Waals surface area (Å²) in [6, 6.07) is 5.34. The molecule has 0 unspecified atom stereocenters. The fourth-order valence-corrected chi connectivity index (χ4v) is 1.10. The van der Waals surface area contributed by atoms with Gasteiger partial charge in [-0.2, -0.15) is 0 Å². The Morgan fingerprint density at radius 2 is 2.09 bits per heavy atom. The largest absolute Gasteiger partial charge is 0.461 e. The number of rotatable bonds is 0. The van der Waals surface area contributed by atoms with Crippen molar-refractivity contribution >= 4 is 11.0 Å². The molecule has 0 aliphatic rings. The number of hydrogen-bond acceptors (Lipinski definition) is 1. The van der Waals surface area contributed by atoms with Gasteiger partial charge >= 0.3 is 0 Å². The van der Waals surface area contributed by atoms with E-state index < -0.39 is 0 Å². The van der Waals surface area contributed by atoms with Gasteiger partial charge in [0.15, 0.2) is 11.4 Å². The number of halogens is 1. The quantitative estimate of drug-likeness (QED) is 0.562. The van der Waals surface area contributed by atoms with Gasteiger partial charge in [0.05, 0.1) is 6.26 Å². The minimum absolute atomic E-state index is 0.257. The van der Waals surface area contributed by atoms with Gasteiger partial charge in [-0.3, -0.25) is 0 Å². The van der Waals surface area contributed by atoms with Gasteiger partial charge in [0.25, 0.3) is 0 Å². The summed E-state index contributed by atoms with van der Waals surface area (Å²) in [6.07, 6.45) is 1.49. The Kier molecular flexibility index (Phi) is 1.22. The normalized spacial score (nSPS) is 10.7. The van der Waals surface area contributed by atoms with Gasteiger partial charge in [0.2, 0.25) is 0 Å². The van der Waals surface area contributed by atoms with Crippen LogP contribution in [0, 0.1) is 12.7 Å². The van der Waals surface area contributed by atoms with Crippen LogP contribution >= 0.6 is 0 Å². The molecule has 0 radical (unpaired) electrons. The second-order valence-electron chi connectivity index (χ2n) is 2.54. The predicted molar refractivity (Wildman–Crippen MR) is 40.9 cm³/mol. The van der Waals surface area contributed by atoms with Crippen LogP contribution in [-0.4, -0.2) is 0 Å². The average Bonchev–Trinajstić information content (AvgIpc) is 2.45. The maximum absolute atomic E-state index is 13.1. The van der Waals surface area contributed by atoms with Crippen molar-refractivity contribution in [2.45, 2.75) is 6.92 Å². The average molecular weight is 150 g/mol. The Morgan fingerprint density at radius 3 is 2.91 bits per heavy atom. The first-order valence-electron chi connectivity index (χ1n) is 3.41. The summed E-state index contributed by atoms with van der Waals surface area (Å²) in [5.74, 6) is -0.257. The molecule has 0 spiro atoms. The standard InChI is InChI=1S/C9H7FO/c1-6-2-3-7-4-5-11-9(7)8(6)10/h2-5H,1H3. The van der Waals surface area contributed by atoms with Gasteiger partial charge in [-0.1, -0.05) is 12.1 Å². The van der Waals surface area contributed by atoms with Gasteiger partial charge in [-0.15, -0.1) is 0 Å². The SMILES string of the molecule is Cc1ccc2ccoc2c1F. The highest BCUT2D eigenvalue weighted by molar-refractivity contribution is 5.78. The molecule has 1 nitrogen and oxygen atoms in total. The number of furan rings is 1. The molecule has 1 heterocycles. The molecule has 0 saturated heterocycles. The number of benzene rings is 1. The molecule has 0 saturated carbocycles. The summed E-state index contributed by atoms with van der Waals surface area (Å²) in [4.78, 5) is 0. The van der Waals surface area contributed by atoms with Crippen LogP contribution in [0.4, 0.5) is 4.39 Å². The van der Waals surface area contributed by atoms with Crippen molar-refractivity contribution in [1.82, 2.24) is 0 Å². The molecule has 1 aromatic heterocycles. The smallest absolute Gasteiger partial charge is 0.169 e. The molecule has 0 fully saturated rings. The fraction of sp³-hybridized carbons (Fsp3) is 0.111. The van der Waals surface area contributed by atoms with Gasteiger partial charge in [0.1, 0.15) is 0 Å². The Hall–Kier alpha value is -1.31. The van der Waals surface area contributed by atoms with Gasteiger partial charge < -0.3 is 4.42 Å². The van der Waals surface area contributed by atoms with Crippen LogP contribution in [0.1, 0.15) is 5.56 Å². The third-order valence-electron chi connectivity index (χ3n) is 1.75. The van der Waals surface area contributed by atoms with Crippen molar-refractivity contribution < 1.29 is 8.81 Å². The van der Waals surface area contributed by atoms with Gasteiger partial charge in [-0.05, 0) is 18.6 Å². The molecule has 56 valence electrons. The Bertz CT molecular complexity index is 389. The van der Waals surface area contributed by atoms with Crippen LogP contribution in [0.3, 0.4) is 0 Å². The summed E-state index contributed by atoms with van der Waals surface area (Å²) in [5.41, 5.74) is 0.970. The van der Waals surface area contributed by atoms with Crippen LogP contribution in [0.2, 0.25) is 0 Å². The van der Waals surface area contributed by atoms with E-state index in [0.29, 0.717) is 11.1 Å². The summed E-state index contributed by atoms with van der Waals surface area (Å²) >= 11 is 0. The third kappa shape index (κ3) is 0.827. The van der Waals surface area contributed by atoms with E-state index in [1.807, 2.05) is 6.07 Å². The number of hydrogen-bond donors (Lipinski definition) is 0. The molecular formula is C9H7FO. The van der Waals surface area contributed by atoms with Crippen molar-refractivity contribution in [3.63, 3.8) is 0 Å². The molecule has 0 amide bonds. The molecule has 2 aromatic rings. The summed E-state index contributed by atoms with van der Waals surface area (Å²) in [6.45, 7) is 1.72. The maximum atomic E-state index is 13.1. The Labute approximate surface area is 63.4 Å². The summed E-state index contributed by atoms with van der Waals surface area (Å²) < 4.78 is 18.1. The highest BCUT2D eigenvalue weighted by Crippen LogP contribution is 2.20. The fourth-order valence-electron chi connectivity index (χ4n) is 1.10. The number of fused-ring (bicyclic) bond motifs is 1. The molecule has 1 aromatic carbocycles. The van der Waals surface area contributed by atoms with Crippen LogP contribution < -0.4 is 0 Å². The van der Waals surface area contributed by atoms with E-state index in [0.717, 1.165) is 5.39 Å². The van der Waals surface area contributed by atoms with Gasteiger partial charge in [0, 0.05) is 5.39 Å². The first kappa shape index (κ1) is 6.40. The van der Waals surface area contributed by atoms with Crippen LogP contribution in [0.25, 0.3) is 11.0 Å². The van der Waals surface area contributed by atoms with E-state index in [4.69, 9.17) is 4.42 Å². The lowest BCUT2D eigenvalue weighted by Gasteiger charge is -1.94. The predicted octanol–water partition coefficient (Wildman–Crippen LogP) is 2.88. The first-order chi connectivity index (χ1) is 5.29. The molecular weight excluding hydrogens is 143 g/mol. The zero-order chi connectivity index (χ0) is 7.84. The zero-order valence-electron chi connectivity index (χ0n) is 6.10. The zero-order valence-corrected chi connectivity index (χ0v) is 6.10. The van der Waals surface area contributed by atoms with Crippen molar-refractivity contribution in [1.29, 1.82) is 0 Å². The molecule has 2 rings (SSSR count). The molecule has 0 N–H and O–H groups in total. The van der Waals surface area contributed by atoms with Crippen molar-refractivity contribution in [2.75, 3.05) is 0 Å². The van der Waals surface area contributed by atoms with Crippen LogP contribution in [0.5, 0.6) is 0 Å². The third-order valence-corrected chi connectivity index (χ3v) is 1.75. The van der Waals surface area contributed by atoms with Crippen LogP contribution in [0.15, 0.2) is 28.9 Å². The lowest BCUT2D eigenvalue weighted by Crippen LogP contribution is -1.80. The van der Waals surface area contributed by atoms with E-state index in [1.54, 1.807) is 19.1 Å². The Morgan fingerprint density at radius 1 is 1.27 bits per heavy atom. The molecule has 0 aliphatic heterocycles. The lowest BCUT2D eigenvalue weighted by molar-refractivity contribution is 0.556. The van der Waals surface area contributed by atoms with E-state index in [-0.39, 0.29) is 5.82 Å². The monoisotopic (exact) mass is 150 g/mol. The van der Waals surface area contributed by atoms with Crippen molar-refractivity contribution in [3.05, 3.63) is 35.8 Å². The highest BCUT2D eigenvalue weighted by Gasteiger charge is 2.05. The highest BCUT2D eigenvalue weighted by atomic mass is 19.1. The van der Waals surface area contributed by atoms with E-state index in [9.17, 15) is 4.39 Å². The Balaban J connectivity index is 2.93. The topological polar surface area (TPSA) is 13.1 Å². The molecule has 0 bridgehead atoms. The first-order valence-corrected chi connectivity index (χ1v) is 3.41. The van der Waals surface area contributed by atoms with E-state index in [2.05, 4.69) is 0 Å². The van der Waals surface area contributed by atoms with Crippen LogP contribution in [-0.2, 0) is 0 Å². The minimum atomic E-state index is -0.257. The van der Waals surface area contributed by atoms with Crippen molar-refractivity contribution in [2.24, 2.45) is 0 Å². The second kappa shape index (κ2) is 2.09. The van der Waals surface area contributed by atoms with Gasteiger partial charge in [-0.25, -0.2) is 4.39 Å². The molecule has 0 aliphatic carbocycles. The number of aryl methyl sites for hydroxylation is 1. The lowest BCUT2D eigenvalue weighted by atomic mass is 10.2. The molecule has 0 atom stereocenters. The second-order valence-corrected chi connectivity index (χ2v) is 2.54. The summed E-state index contributed by atoms with van der Waals surface area (Å²) in [5, 5.41) is 0.813.